The Morgan fingerprint density at radius 1 is 1.17 bits per heavy atom. The van der Waals surface area contributed by atoms with Crippen LogP contribution in [0.5, 0.6) is 0 Å². The molecule has 0 aliphatic carbocycles. The van der Waals surface area contributed by atoms with E-state index in [-0.39, 0.29) is 6.54 Å². The first-order valence-corrected chi connectivity index (χ1v) is 7.55. The summed E-state index contributed by atoms with van der Waals surface area (Å²) >= 11 is 6.21. The van der Waals surface area contributed by atoms with Gasteiger partial charge in [0.2, 0.25) is 0 Å². The summed E-state index contributed by atoms with van der Waals surface area (Å²) in [4.78, 5) is 11.3. The second kappa shape index (κ2) is 7.10. The molecule has 0 spiro atoms. The van der Waals surface area contributed by atoms with Crippen molar-refractivity contribution < 1.29 is 9.53 Å². The minimum atomic E-state index is -0.894. The normalized spacial score (nSPS) is 11.9. The first-order valence-electron chi connectivity index (χ1n) is 7.17. The average molecular weight is 344 g/mol. The smallest absolute Gasteiger partial charge is 0.405 e. The minimum Gasteiger partial charge on any atom is -0.439 e. The second-order valence-corrected chi connectivity index (χ2v) is 5.40. The highest BCUT2D eigenvalue weighted by atomic mass is 35.5. The molecule has 8 heteroatoms. The monoisotopic (exact) mass is 343 g/mol. The highest BCUT2D eigenvalue weighted by molar-refractivity contribution is 6.31. The molecule has 0 saturated heterocycles. The van der Waals surface area contributed by atoms with Crippen LogP contribution in [0.4, 0.5) is 4.79 Å². The van der Waals surface area contributed by atoms with Crippen molar-refractivity contribution in [2.45, 2.75) is 12.6 Å². The number of primary amides is 1. The standard InChI is InChI=1S/C16H14ClN5O2/c17-13-9-5-4-8-12(13)14(24-16(18)23)10-22-15(19-20-21-22)11-6-2-1-3-7-11/h1-9,14H,10H2,(H2,18,23)/t14-/m1/s1. The number of nitrogens with two attached hydrogens (primary N) is 1. The number of carbonyl (C=O) groups excluding carboxylic acids is 1. The molecule has 0 radical (unpaired) electrons. The van der Waals surface area contributed by atoms with Crippen LogP contribution in [0, 0.1) is 0 Å². The topological polar surface area (TPSA) is 95.9 Å². The zero-order valence-electron chi connectivity index (χ0n) is 12.5. The van der Waals surface area contributed by atoms with Crippen molar-refractivity contribution in [3.8, 4) is 11.4 Å². The average Bonchev–Trinajstić information content (AvgIpc) is 3.03. The summed E-state index contributed by atoms with van der Waals surface area (Å²) in [7, 11) is 0. The maximum absolute atomic E-state index is 11.3. The molecule has 0 bridgehead atoms. The quantitative estimate of drug-likeness (QED) is 0.768. The van der Waals surface area contributed by atoms with Gasteiger partial charge in [-0.05, 0) is 16.5 Å². The molecule has 1 amide bonds. The lowest BCUT2D eigenvalue weighted by Gasteiger charge is -2.18. The molecule has 0 aliphatic rings. The molecule has 122 valence electrons. The third kappa shape index (κ3) is 3.52. The van der Waals surface area contributed by atoms with Crippen LogP contribution in [0.25, 0.3) is 11.4 Å². The summed E-state index contributed by atoms with van der Waals surface area (Å²) in [5.41, 5.74) is 6.67. The fraction of sp³-hybridized carbons (Fsp3) is 0.125. The van der Waals surface area contributed by atoms with Crippen molar-refractivity contribution >= 4 is 17.7 Å². The lowest BCUT2D eigenvalue weighted by atomic mass is 10.1. The molecule has 0 saturated carbocycles. The number of carbonyl (C=O) groups is 1. The molecule has 0 aliphatic heterocycles. The molecule has 0 unspecified atom stereocenters. The van der Waals surface area contributed by atoms with Crippen LogP contribution in [0.2, 0.25) is 5.02 Å². The van der Waals surface area contributed by atoms with Crippen molar-refractivity contribution in [3.05, 3.63) is 65.2 Å². The molecule has 1 atom stereocenters. The summed E-state index contributed by atoms with van der Waals surface area (Å²) in [6, 6.07) is 16.5. The third-order valence-electron chi connectivity index (χ3n) is 3.41. The van der Waals surface area contributed by atoms with Gasteiger partial charge in [0, 0.05) is 16.1 Å². The number of aromatic nitrogens is 4. The number of tetrazole rings is 1. The van der Waals surface area contributed by atoms with E-state index in [0.29, 0.717) is 16.4 Å². The van der Waals surface area contributed by atoms with Gasteiger partial charge in [0.15, 0.2) is 5.82 Å². The Morgan fingerprint density at radius 2 is 1.88 bits per heavy atom. The fourth-order valence-corrected chi connectivity index (χ4v) is 2.61. The lowest BCUT2D eigenvalue weighted by molar-refractivity contribution is 0.0934. The second-order valence-electron chi connectivity index (χ2n) is 5.00. The van der Waals surface area contributed by atoms with E-state index in [2.05, 4.69) is 15.5 Å². The lowest BCUT2D eigenvalue weighted by Crippen LogP contribution is -2.22. The van der Waals surface area contributed by atoms with Gasteiger partial charge in [0.1, 0.15) is 6.10 Å². The first-order chi connectivity index (χ1) is 11.6. The summed E-state index contributed by atoms with van der Waals surface area (Å²) in [5.74, 6) is 0.556. The predicted octanol–water partition coefficient (Wildman–Crippen LogP) is 2.83. The van der Waals surface area contributed by atoms with Crippen LogP contribution in [-0.2, 0) is 11.3 Å². The maximum Gasteiger partial charge on any atom is 0.405 e. The first kappa shape index (κ1) is 15.9. The highest BCUT2D eigenvalue weighted by Gasteiger charge is 2.21. The Hall–Kier alpha value is -2.93. The number of nitrogens with zero attached hydrogens (tertiary/aromatic N) is 4. The third-order valence-corrected chi connectivity index (χ3v) is 3.76. The summed E-state index contributed by atoms with van der Waals surface area (Å²) in [6.07, 6.45) is -1.60. The van der Waals surface area contributed by atoms with Gasteiger partial charge in [-0.15, -0.1) is 5.10 Å². The Balaban J connectivity index is 1.94. The number of benzene rings is 2. The largest absolute Gasteiger partial charge is 0.439 e. The van der Waals surface area contributed by atoms with Crippen LogP contribution in [-0.4, -0.2) is 26.3 Å². The van der Waals surface area contributed by atoms with E-state index in [1.54, 1.807) is 28.9 Å². The molecule has 7 nitrogen and oxygen atoms in total. The van der Waals surface area contributed by atoms with Crippen molar-refractivity contribution in [3.63, 3.8) is 0 Å². The van der Waals surface area contributed by atoms with Crippen molar-refractivity contribution in [2.24, 2.45) is 5.73 Å². The van der Waals surface area contributed by atoms with E-state index in [0.717, 1.165) is 5.56 Å². The van der Waals surface area contributed by atoms with E-state index in [9.17, 15) is 4.79 Å². The van der Waals surface area contributed by atoms with Crippen molar-refractivity contribution in [1.29, 1.82) is 0 Å². The van der Waals surface area contributed by atoms with Gasteiger partial charge in [0.05, 0.1) is 6.54 Å². The molecule has 0 fully saturated rings. The summed E-state index contributed by atoms with van der Waals surface area (Å²) in [5, 5.41) is 12.2. The molecular weight excluding hydrogens is 330 g/mol. The Bertz CT molecular complexity index is 837. The Labute approximate surface area is 143 Å². The van der Waals surface area contributed by atoms with Crippen LogP contribution in [0.15, 0.2) is 54.6 Å². The molecule has 2 aromatic carbocycles. The fourth-order valence-electron chi connectivity index (χ4n) is 2.35. The van der Waals surface area contributed by atoms with Crippen LogP contribution in [0.1, 0.15) is 11.7 Å². The summed E-state index contributed by atoms with van der Waals surface area (Å²) < 4.78 is 6.77. The molecule has 2 N–H and O–H groups in total. The van der Waals surface area contributed by atoms with Crippen LogP contribution >= 0.6 is 11.6 Å². The molecule has 24 heavy (non-hydrogen) atoms. The number of halogens is 1. The van der Waals surface area contributed by atoms with Crippen LogP contribution in [0.3, 0.4) is 0 Å². The predicted molar refractivity (Wildman–Crippen MR) is 88.1 cm³/mol. The van der Waals surface area contributed by atoms with E-state index >= 15 is 0 Å². The number of hydrogen-bond donors (Lipinski definition) is 1. The van der Waals surface area contributed by atoms with Crippen molar-refractivity contribution in [1.82, 2.24) is 20.2 Å². The van der Waals surface area contributed by atoms with E-state index in [1.165, 1.54) is 0 Å². The van der Waals surface area contributed by atoms with E-state index < -0.39 is 12.2 Å². The van der Waals surface area contributed by atoms with Gasteiger partial charge in [-0.3, -0.25) is 0 Å². The van der Waals surface area contributed by atoms with Gasteiger partial charge in [-0.1, -0.05) is 60.1 Å². The molecule has 3 aromatic rings. The maximum atomic E-state index is 11.3. The number of ether oxygens (including phenoxy) is 1. The Kier molecular flexibility index (Phi) is 4.72. The molecule has 3 rings (SSSR count). The summed E-state index contributed by atoms with van der Waals surface area (Å²) in [6.45, 7) is 0.184. The van der Waals surface area contributed by atoms with Crippen molar-refractivity contribution in [2.75, 3.05) is 0 Å². The molecule has 1 aromatic heterocycles. The molecular formula is C16H14ClN5O2. The van der Waals surface area contributed by atoms with E-state index in [4.69, 9.17) is 22.1 Å². The highest BCUT2D eigenvalue weighted by Crippen LogP contribution is 2.28. The minimum absolute atomic E-state index is 0.184. The van der Waals surface area contributed by atoms with Gasteiger partial charge in [-0.25, -0.2) is 9.48 Å². The number of hydrogen-bond acceptors (Lipinski definition) is 5. The Morgan fingerprint density at radius 3 is 2.58 bits per heavy atom. The zero-order chi connectivity index (χ0) is 16.9. The van der Waals surface area contributed by atoms with Crippen LogP contribution < -0.4 is 5.73 Å². The zero-order valence-corrected chi connectivity index (χ0v) is 13.3. The number of amides is 1. The number of rotatable bonds is 5. The SMILES string of the molecule is NC(=O)O[C@H](Cn1nnnc1-c1ccccc1)c1ccccc1Cl. The van der Waals surface area contributed by atoms with E-state index in [1.807, 2.05) is 30.3 Å². The van der Waals surface area contributed by atoms with Gasteiger partial charge >= 0.3 is 6.09 Å². The van der Waals surface area contributed by atoms with Gasteiger partial charge < -0.3 is 10.5 Å². The van der Waals surface area contributed by atoms with Gasteiger partial charge in [-0.2, -0.15) is 0 Å². The van der Waals surface area contributed by atoms with Gasteiger partial charge in [0.25, 0.3) is 0 Å². The molecule has 1 heterocycles.